The van der Waals surface area contributed by atoms with Gasteiger partial charge in [0.05, 0.1) is 48.3 Å². The Balaban J connectivity index is 0.000000212. The van der Waals surface area contributed by atoms with E-state index < -0.39 is 60.7 Å². The lowest BCUT2D eigenvalue weighted by Crippen LogP contribution is -2.63. The van der Waals surface area contributed by atoms with Gasteiger partial charge in [-0.2, -0.15) is 0 Å². The van der Waals surface area contributed by atoms with E-state index in [1.54, 1.807) is 84.5 Å². The molecule has 6 heterocycles. The number of aliphatic carboxylic acids is 1. The number of β-lactam (4-membered cyclic amide) rings is 2. The number of carbonyl (C=O) groups is 6. The third-order valence-corrected chi connectivity index (χ3v) is 16.3. The summed E-state index contributed by atoms with van der Waals surface area (Å²) in [6.45, 7) is 21.7. The fourth-order valence-electron chi connectivity index (χ4n) is 9.79. The minimum absolute atomic E-state index is 0.0846. The predicted molar refractivity (Wildman–Crippen MR) is 282 cm³/mol. The number of esters is 1. The van der Waals surface area contributed by atoms with Crippen molar-refractivity contribution in [1.29, 1.82) is 0 Å². The topological polar surface area (TPSA) is 222 Å². The van der Waals surface area contributed by atoms with Crippen molar-refractivity contribution in [2.24, 2.45) is 23.7 Å². The number of aliphatic hydroxyl groups is 2. The van der Waals surface area contributed by atoms with Crippen molar-refractivity contribution < 1.29 is 76.6 Å². The molecule has 0 saturated carbocycles. The molecule has 23 heteroatoms. The third-order valence-electron chi connectivity index (χ3n) is 13.1. The van der Waals surface area contributed by atoms with Crippen LogP contribution in [-0.4, -0.2) is 155 Å². The van der Waals surface area contributed by atoms with Crippen molar-refractivity contribution in [3.8, 4) is 0 Å². The number of alkyl halides is 1. The molecule has 6 aliphatic heterocycles. The summed E-state index contributed by atoms with van der Waals surface area (Å²) < 4.78 is 50.7. The van der Waals surface area contributed by atoms with Gasteiger partial charge in [0.15, 0.2) is 4.11 Å². The summed E-state index contributed by atoms with van der Waals surface area (Å²) in [6.07, 6.45) is -4.91. The van der Waals surface area contributed by atoms with E-state index in [0.717, 1.165) is 53.7 Å². The number of aliphatic hydroxyl groups excluding tert-OH is 2. The van der Waals surface area contributed by atoms with Gasteiger partial charge in [0.25, 0.3) is 0 Å². The first-order valence-corrected chi connectivity index (χ1v) is 27.9. The van der Waals surface area contributed by atoms with Crippen LogP contribution >= 0.6 is 46.1 Å². The standard InChI is InChI=1S/C26H33FN2O7S.C20H23FN2O4S.C6H11IO3/c1-13(2)34-26(33)36-16(5)35-25(32)22-23(14(3)21-20(15(4)30)24(31)29(21)22)37-19-11-28(12-19)10-17-6-8-18(27)9-7-17;1-10-16-15(11(2)24)19(25)23(16)17(20(26)27)18(10)28-14-8-22(9-14)7-12-3-5-13(21)6-4-12;1-4(2)9-6(8)10-5(3)7/h6-9,13-16,19-21,30H,10-12H2,1-5H3;3-6,10-11,14-16,24H,7-9H2,1-2H3,(H,26,27);4-5H,1-3H3/t14-,15-,16?,20-,21-;10-,11?,15-,16-;/m11./s1. The molecular formula is C52H67F2IN4O14S2. The molecular weight excluding hydrogens is 1130 g/mol. The highest BCUT2D eigenvalue weighted by molar-refractivity contribution is 14.1. The molecule has 412 valence electrons. The summed E-state index contributed by atoms with van der Waals surface area (Å²) in [5, 5.41) is 30.2. The van der Waals surface area contributed by atoms with E-state index in [4.69, 9.17) is 18.9 Å². The summed E-state index contributed by atoms with van der Waals surface area (Å²) in [5.74, 6) is -4.38. The van der Waals surface area contributed by atoms with Gasteiger partial charge >= 0.3 is 24.2 Å². The summed E-state index contributed by atoms with van der Waals surface area (Å²) in [4.78, 5) is 81.4. The summed E-state index contributed by atoms with van der Waals surface area (Å²) in [5.41, 5.74) is 2.29. The fraction of sp³-hybridized carbons (Fsp3) is 0.577. The van der Waals surface area contributed by atoms with Gasteiger partial charge in [-0.15, -0.1) is 23.5 Å². The van der Waals surface area contributed by atoms with Crippen LogP contribution in [0, 0.1) is 35.3 Å². The van der Waals surface area contributed by atoms with Crippen LogP contribution in [0.25, 0.3) is 0 Å². The van der Waals surface area contributed by atoms with E-state index in [1.807, 2.05) is 36.4 Å². The van der Waals surface area contributed by atoms with E-state index in [-0.39, 0.29) is 79.5 Å². The van der Waals surface area contributed by atoms with E-state index in [9.17, 15) is 52.9 Å². The summed E-state index contributed by atoms with van der Waals surface area (Å²) in [7, 11) is 0. The average Bonchev–Trinajstić information content (AvgIpc) is 3.66. The van der Waals surface area contributed by atoms with Gasteiger partial charge in [0.2, 0.25) is 18.1 Å². The molecule has 2 amide bonds. The summed E-state index contributed by atoms with van der Waals surface area (Å²) in [6, 6.07) is 12.2. The lowest BCUT2D eigenvalue weighted by Gasteiger charge is -2.46. The number of benzene rings is 2. The fourth-order valence-corrected chi connectivity index (χ4v) is 13.2. The van der Waals surface area contributed by atoms with Gasteiger partial charge in [0.1, 0.15) is 23.0 Å². The van der Waals surface area contributed by atoms with E-state index in [0.29, 0.717) is 6.54 Å². The van der Waals surface area contributed by atoms with Crippen LogP contribution < -0.4 is 0 Å². The second-order valence-electron chi connectivity index (χ2n) is 19.9. The third kappa shape index (κ3) is 14.5. The maximum atomic E-state index is 13.2. The van der Waals surface area contributed by atoms with Crippen LogP contribution in [0.4, 0.5) is 18.4 Å². The molecule has 0 spiro atoms. The number of carbonyl (C=O) groups excluding carboxylic acids is 5. The second kappa shape index (κ2) is 25.7. The Morgan fingerprint density at radius 3 is 1.35 bits per heavy atom. The van der Waals surface area contributed by atoms with Gasteiger partial charge in [-0.05, 0) is 106 Å². The normalized spacial score (nSPS) is 25.0. The number of fused-ring (bicyclic) bond motifs is 2. The van der Waals surface area contributed by atoms with Crippen LogP contribution in [0.15, 0.2) is 69.7 Å². The molecule has 0 radical (unpaired) electrons. The van der Waals surface area contributed by atoms with E-state index >= 15 is 0 Å². The van der Waals surface area contributed by atoms with Gasteiger partial charge in [-0.1, -0.05) is 38.1 Å². The van der Waals surface area contributed by atoms with Crippen LogP contribution in [0.3, 0.4) is 0 Å². The monoisotopic (exact) mass is 1200 g/mol. The van der Waals surface area contributed by atoms with Crippen molar-refractivity contribution >= 4 is 82.2 Å². The Labute approximate surface area is 457 Å². The van der Waals surface area contributed by atoms with E-state index in [2.05, 4.69) is 14.5 Å². The molecule has 0 aromatic heterocycles. The quantitative estimate of drug-likeness (QED) is 0.0349. The lowest BCUT2D eigenvalue weighted by molar-refractivity contribution is -0.174. The number of hydrogen-bond donors (Lipinski definition) is 3. The molecule has 10 atom stereocenters. The first-order chi connectivity index (χ1) is 35.2. The Bertz CT molecular complexity index is 2460. The zero-order chi connectivity index (χ0) is 55.3. The molecule has 3 N–H and O–H groups in total. The summed E-state index contributed by atoms with van der Waals surface area (Å²) >= 11 is 5.06. The number of carboxylic acid groups (broad SMARTS) is 1. The zero-order valence-electron chi connectivity index (χ0n) is 43.5. The minimum atomic E-state index is -1.22. The van der Waals surface area contributed by atoms with Crippen LogP contribution in [0.1, 0.15) is 80.4 Å². The molecule has 2 aromatic carbocycles. The number of thioether (sulfide) groups is 2. The molecule has 4 fully saturated rings. The van der Waals surface area contributed by atoms with Gasteiger partial charge in [0, 0.05) is 78.3 Å². The first-order valence-electron chi connectivity index (χ1n) is 24.9. The number of hydrogen-bond acceptors (Lipinski definition) is 17. The molecule has 2 aromatic rings. The maximum absolute atomic E-state index is 13.2. The minimum Gasteiger partial charge on any atom is -0.477 e. The predicted octanol–water partition coefficient (Wildman–Crippen LogP) is 7.49. The Hall–Kier alpha value is -4.53. The van der Waals surface area contributed by atoms with Crippen LogP contribution in [-0.2, 0) is 56.0 Å². The average molecular weight is 1200 g/mol. The smallest absolute Gasteiger partial charge is 0.477 e. The number of amides is 2. The molecule has 75 heavy (non-hydrogen) atoms. The highest BCUT2D eigenvalue weighted by Gasteiger charge is 2.62. The van der Waals surface area contributed by atoms with Crippen molar-refractivity contribution in [3.63, 3.8) is 0 Å². The molecule has 0 aliphatic carbocycles. The van der Waals surface area contributed by atoms with Gasteiger partial charge in [-0.3, -0.25) is 19.4 Å². The van der Waals surface area contributed by atoms with Crippen LogP contribution in [0.5, 0.6) is 0 Å². The van der Waals surface area contributed by atoms with Crippen molar-refractivity contribution in [3.05, 3.63) is 92.5 Å². The maximum Gasteiger partial charge on any atom is 0.511 e. The number of halogens is 3. The number of likely N-dealkylation sites (tertiary alicyclic amines) is 2. The number of ether oxygens (including phenoxy) is 5. The molecule has 0 bridgehead atoms. The molecule has 3 unspecified atom stereocenters. The SMILES string of the molecule is CC(C)OC(=O)OC(C)I.CC(C)OC(=O)OC(C)OC(=O)C1=C(SC2CN(Cc3ccc(F)cc3)C2)[C@H](C)[C@@H]2[C@@H]([C@@H](C)O)C(=O)N12.CC(O)[C@H]1C(=O)N2C(C(=O)O)=C(SC3CN(Cc4ccc(F)cc4)C3)[C@H](C)[C@H]12. The van der Waals surface area contributed by atoms with Gasteiger partial charge in [-0.25, -0.2) is 28.0 Å². The first kappa shape index (κ1) is 59.7. The molecule has 18 nitrogen and oxygen atoms in total. The zero-order valence-corrected chi connectivity index (χ0v) is 47.3. The number of nitrogens with zero attached hydrogens (tertiary/aromatic N) is 4. The Morgan fingerprint density at radius 2 is 0.987 bits per heavy atom. The van der Waals surface area contributed by atoms with Gasteiger partial charge < -0.3 is 48.8 Å². The molecule has 4 saturated heterocycles. The number of carboxylic acids is 1. The highest BCUT2D eigenvalue weighted by Crippen LogP contribution is 2.53. The number of rotatable bonds is 17. The highest BCUT2D eigenvalue weighted by atomic mass is 127. The molecule has 6 aliphatic rings. The van der Waals surface area contributed by atoms with Crippen molar-refractivity contribution in [2.45, 2.75) is 140 Å². The largest absolute Gasteiger partial charge is 0.511 e. The van der Waals surface area contributed by atoms with E-state index in [1.165, 1.54) is 52.8 Å². The Kier molecular flexibility index (Phi) is 20.5. The van der Waals surface area contributed by atoms with Crippen molar-refractivity contribution in [2.75, 3.05) is 26.2 Å². The Morgan fingerprint density at radius 1 is 0.613 bits per heavy atom. The van der Waals surface area contributed by atoms with Crippen LogP contribution in [0.2, 0.25) is 0 Å². The van der Waals surface area contributed by atoms with Crippen molar-refractivity contribution in [1.82, 2.24) is 19.6 Å². The molecule has 8 rings (SSSR count). The lowest BCUT2D eigenvalue weighted by atomic mass is 9.79. The second-order valence-corrected chi connectivity index (χ2v) is 24.4.